The maximum Gasteiger partial charge on any atom is 0.255 e. The standard InChI is InChI=1S/C14H14N2O.ClH/c1-10-3-4-11(2)13(9-10)16-14(17)12-5-7-15-8-6-12;/h3-9H,1-2H3,(H,16,17);1H. The van der Waals surface area contributed by atoms with Gasteiger partial charge in [-0.15, -0.1) is 12.4 Å². The number of rotatable bonds is 2. The second-order valence-corrected chi connectivity index (χ2v) is 4.01. The number of aromatic nitrogens is 1. The van der Waals surface area contributed by atoms with Crippen LogP contribution in [-0.2, 0) is 0 Å². The molecule has 1 amide bonds. The van der Waals surface area contributed by atoms with Gasteiger partial charge < -0.3 is 5.32 Å². The van der Waals surface area contributed by atoms with Gasteiger partial charge in [-0.3, -0.25) is 9.78 Å². The Hall–Kier alpha value is -1.87. The highest BCUT2D eigenvalue weighted by atomic mass is 35.5. The number of nitrogens with zero attached hydrogens (tertiary/aromatic N) is 1. The van der Waals surface area contributed by atoms with Crippen LogP contribution in [0.4, 0.5) is 5.69 Å². The highest BCUT2D eigenvalue weighted by Gasteiger charge is 2.06. The van der Waals surface area contributed by atoms with Gasteiger partial charge in [0.05, 0.1) is 0 Å². The number of anilines is 1. The van der Waals surface area contributed by atoms with Gasteiger partial charge in [0.1, 0.15) is 0 Å². The van der Waals surface area contributed by atoms with Crippen molar-refractivity contribution in [2.45, 2.75) is 13.8 Å². The zero-order valence-corrected chi connectivity index (χ0v) is 11.1. The van der Waals surface area contributed by atoms with Crippen molar-refractivity contribution in [1.82, 2.24) is 4.98 Å². The van der Waals surface area contributed by atoms with E-state index in [1.54, 1.807) is 24.5 Å². The van der Waals surface area contributed by atoms with E-state index < -0.39 is 0 Å². The lowest BCUT2D eigenvalue weighted by atomic mass is 10.1. The Labute approximate surface area is 113 Å². The maximum atomic E-state index is 11.9. The van der Waals surface area contributed by atoms with E-state index in [0.29, 0.717) is 5.56 Å². The summed E-state index contributed by atoms with van der Waals surface area (Å²) in [5, 5.41) is 2.90. The van der Waals surface area contributed by atoms with Crippen molar-refractivity contribution < 1.29 is 4.79 Å². The van der Waals surface area contributed by atoms with Gasteiger partial charge in [0, 0.05) is 23.6 Å². The summed E-state index contributed by atoms with van der Waals surface area (Å²) in [5.41, 5.74) is 3.64. The number of hydrogen-bond donors (Lipinski definition) is 1. The Morgan fingerprint density at radius 3 is 2.44 bits per heavy atom. The monoisotopic (exact) mass is 262 g/mol. The van der Waals surface area contributed by atoms with Crippen LogP contribution in [0.3, 0.4) is 0 Å². The summed E-state index contributed by atoms with van der Waals surface area (Å²) in [6.07, 6.45) is 3.22. The highest BCUT2D eigenvalue weighted by Crippen LogP contribution is 2.17. The van der Waals surface area contributed by atoms with Crippen LogP contribution in [0.25, 0.3) is 0 Å². The van der Waals surface area contributed by atoms with Gasteiger partial charge in [-0.05, 0) is 43.2 Å². The van der Waals surface area contributed by atoms with E-state index in [9.17, 15) is 4.79 Å². The van der Waals surface area contributed by atoms with Crippen molar-refractivity contribution in [3.05, 3.63) is 59.4 Å². The van der Waals surface area contributed by atoms with Crippen LogP contribution in [0.15, 0.2) is 42.7 Å². The lowest BCUT2D eigenvalue weighted by Crippen LogP contribution is -2.12. The van der Waals surface area contributed by atoms with Crippen molar-refractivity contribution >= 4 is 24.0 Å². The molecule has 0 unspecified atom stereocenters. The summed E-state index contributed by atoms with van der Waals surface area (Å²) in [4.78, 5) is 15.8. The van der Waals surface area contributed by atoms with Crippen LogP contribution >= 0.6 is 12.4 Å². The van der Waals surface area contributed by atoms with Crippen molar-refractivity contribution in [2.75, 3.05) is 5.32 Å². The molecular formula is C14H15ClN2O. The fraction of sp³-hybridized carbons (Fsp3) is 0.143. The molecule has 0 aliphatic heterocycles. The zero-order valence-electron chi connectivity index (χ0n) is 10.3. The fourth-order valence-corrected chi connectivity index (χ4v) is 1.57. The largest absolute Gasteiger partial charge is 0.322 e. The molecule has 0 saturated heterocycles. The first-order valence-corrected chi connectivity index (χ1v) is 5.45. The number of carbonyl (C=O) groups is 1. The fourth-order valence-electron chi connectivity index (χ4n) is 1.57. The molecule has 0 fully saturated rings. The van der Waals surface area contributed by atoms with Gasteiger partial charge in [0.25, 0.3) is 5.91 Å². The Bertz CT molecular complexity index is 541. The lowest BCUT2D eigenvalue weighted by Gasteiger charge is -2.09. The Morgan fingerprint density at radius 1 is 1.11 bits per heavy atom. The average Bonchev–Trinajstić information content (AvgIpc) is 2.35. The van der Waals surface area contributed by atoms with E-state index in [1.807, 2.05) is 32.0 Å². The second kappa shape index (κ2) is 6.17. The van der Waals surface area contributed by atoms with Gasteiger partial charge in [0.2, 0.25) is 0 Å². The third-order valence-electron chi connectivity index (χ3n) is 2.58. The van der Waals surface area contributed by atoms with Crippen LogP contribution in [0.5, 0.6) is 0 Å². The minimum atomic E-state index is -0.110. The van der Waals surface area contributed by atoms with E-state index in [1.165, 1.54) is 0 Å². The minimum Gasteiger partial charge on any atom is -0.322 e. The molecule has 2 rings (SSSR count). The number of nitrogens with one attached hydrogen (secondary N) is 1. The normalized spacial score (nSPS) is 9.44. The Morgan fingerprint density at radius 2 is 1.78 bits per heavy atom. The van der Waals surface area contributed by atoms with Gasteiger partial charge in [-0.2, -0.15) is 0 Å². The molecule has 1 aromatic heterocycles. The predicted octanol–water partition coefficient (Wildman–Crippen LogP) is 3.37. The van der Waals surface area contributed by atoms with Crippen LogP contribution in [-0.4, -0.2) is 10.9 Å². The molecule has 0 aliphatic carbocycles. The van der Waals surface area contributed by atoms with Crippen LogP contribution in [0.2, 0.25) is 0 Å². The lowest BCUT2D eigenvalue weighted by molar-refractivity contribution is 0.102. The molecule has 1 N–H and O–H groups in total. The molecule has 0 atom stereocenters. The van der Waals surface area contributed by atoms with E-state index in [4.69, 9.17) is 0 Å². The molecule has 4 heteroatoms. The number of pyridine rings is 1. The number of aryl methyl sites for hydroxylation is 2. The first-order valence-electron chi connectivity index (χ1n) is 5.45. The third kappa shape index (κ3) is 3.31. The number of hydrogen-bond acceptors (Lipinski definition) is 2. The summed E-state index contributed by atoms with van der Waals surface area (Å²) in [7, 11) is 0. The van der Waals surface area contributed by atoms with E-state index in [-0.39, 0.29) is 18.3 Å². The molecule has 0 radical (unpaired) electrons. The van der Waals surface area contributed by atoms with Crippen molar-refractivity contribution in [2.24, 2.45) is 0 Å². The maximum absolute atomic E-state index is 11.9. The van der Waals surface area contributed by atoms with Crippen molar-refractivity contribution in [1.29, 1.82) is 0 Å². The molecule has 3 nitrogen and oxygen atoms in total. The quantitative estimate of drug-likeness (QED) is 0.902. The van der Waals surface area contributed by atoms with Crippen LogP contribution in [0, 0.1) is 13.8 Å². The predicted molar refractivity (Wildman–Crippen MR) is 75.4 cm³/mol. The molecule has 2 aromatic rings. The average molecular weight is 263 g/mol. The SMILES string of the molecule is Cc1ccc(C)c(NC(=O)c2ccncc2)c1.Cl. The minimum absolute atomic E-state index is 0. The Balaban J connectivity index is 0.00000162. The third-order valence-corrected chi connectivity index (χ3v) is 2.58. The smallest absolute Gasteiger partial charge is 0.255 e. The summed E-state index contributed by atoms with van der Waals surface area (Å²) < 4.78 is 0. The van der Waals surface area contributed by atoms with E-state index in [0.717, 1.165) is 16.8 Å². The first kappa shape index (κ1) is 14.2. The molecule has 1 heterocycles. The number of amides is 1. The van der Waals surface area contributed by atoms with Crippen LogP contribution in [0.1, 0.15) is 21.5 Å². The van der Waals surface area contributed by atoms with Gasteiger partial charge in [-0.1, -0.05) is 12.1 Å². The summed E-state index contributed by atoms with van der Waals surface area (Å²) in [6, 6.07) is 9.38. The summed E-state index contributed by atoms with van der Waals surface area (Å²) in [6.45, 7) is 3.98. The summed E-state index contributed by atoms with van der Waals surface area (Å²) >= 11 is 0. The van der Waals surface area contributed by atoms with Crippen LogP contribution < -0.4 is 5.32 Å². The van der Waals surface area contributed by atoms with Gasteiger partial charge in [0.15, 0.2) is 0 Å². The molecule has 18 heavy (non-hydrogen) atoms. The van der Waals surface area contributed by atoms with E-state index >= 15 is 0 Å². The molecule has 0 spiro atoms. The van der Waals surface area contributed by atoms with Gasteiger partial charge in [-0.25, -0.2) is 0 Å². The molecule has 94 valence electrons. The number of carbonyl (C=O) groups excluding carboxylic acids is 1. The highest BCUT2D eigenvalue weighted by molar-refractivity contribution is 6.04. The second-order valence-electron chi connectivity index (χ2n) is 4.01. The molecule has 0 aliphatic rings. The summed E-state index contributed by atoms with van der Waals surface area (Å²) in [5.74, 6) is -0.110. The molecule has 1 aromatic carbocycles. The molecule has 0 bridgehead atoms. The topological polar surface area (TPSA) is 42.0 Å². The van der Waals surface area contributed by atoms with Gasteiger partial charge >= 0.3 is 0 Å². The number of benzene rings is 1. The number of halogens is 1. The first-order chi connectivity index (χ1) is 8.16. The van der Waals surface area contributed by atoms with Crippen molar-refractivity contribution in [3.63, 3.8) is 0 Å². The van der Waals surface area contributed by atoms with Crippen molar-refractivity contribution in [3.8, 4) is 0 Å². The molecular weight excluding hydrogens is 248 g/mol. The zero-order chi connectivity index (χ0) is 12.3. The Kier molecular flexibility index (Phi) is 4.86. The molecule has 0 saturated carbocycles. The van der Waals surface area contributed by atoms with E-state index in [2.05, 4.69) is 10.3 Å².